The molecule has 1 aromatic carbocycles. The van der Waals surface area contributed by atoms with Crippen molar-refractivity contribution in [2.45, 2.75) is 13.8 Å². The van der Waals surface area contributed by atoms with E-state index in [-0.39, 0.29) is 5.91 Å². The number of nitrogens with two attached hydrogens (primary N) is 1. The van der Waals surface area contributed by atoms with Crippen LogP contribution >= 0.6 is 11.3 Å². The number of nitrogens with zero attached hydrogens (tertiary/aromatic N) is 1. The number of primary amides is 1. The van der Waals surface area contributed by atoms with Crippen molar-refractivity contribution in [1.82, 2.24) is 4.98 Å². The van der Waals surface area contributed by atoms with Gasteiger partial charge in [-0.05, 0) is 26.0 Å². The lowest BCUT2D eigenvalue weighted by atomic mass is 10.2. The average Bonchev–Trinajstić information content (AvgIpc) is 2.65. The molecular formula is C12H14N2OS. The van der Waals surface area contributed by atoms with Crippen molar-refractivity contribution in [3.8, 4) is 0 Å². The van der Waals surface area contributed by atoms with Gasteiger partial charge in [0.15, 0.2) is 0 Å². The summed E-state index contributed by atoms with van der Waals surface area (Å²) in [4.78, 5) is 14.6. The summed E-state index contributed by atoms with van der Waals surface area (Å²) in [6.45, 7) is 4.02. The van der Waals surface area contributed by atoms with E-state index in [0.29, 0.717) is 5.56 Å². The smallest absolute Gasteiger partial charge is 0.248 e. The van der Waals surface area contributed by atoms with Crippen LogP contribution in [0.3, 0.4) is 0 Å². The number of thiazole rings is 1. The van der Waals surface area contributed by atoms with Gasteiger partial charge in [-0.1, -0.05) is 18.2 Å². The summed E-state index contributed by atoms with van der Waals surface area (Å²) in [5, 5.41) is 3.20. The molecule has 3 nitrogen and oxygen atoms in total. The molecule has 0 unspecified atom stereocenters. The highest BCUT2D eigenvalue weighted by molar-refractivity contribution is 7.09. The minimum atomic E-state index is -0.379. The minimum Gasteiger partial charge on any atom is -0.366 e. The predicted molar refractivity (Wildman–Crippen MR) is 66.5 cm³/mol. The summed E-state index contributed by atoms with van der Waals surface area (Å²) < 4.78 is 0. The molecule has 0 radical (unpaired) electrons. The number of amides is 1. The van der Waals surface area contributed by atoms with Gasteiger partial charge in [-0.3, -0.25) is 4.79 Å². The molecule has 16 heavy (non-hydrogen) atoms. The van der Waals surface area contributed by atoms with E-state index in [2.05, 4.69) is 10.4 Å². The van der Waals surface area contributed by atoms with E-state index in [9.17, 15) is 4.79 Å². The maximum atomic E-state index is 10.4. The van der Waals surface area contributed by atoms with Crippen molar-refractivity contribution in [3.05, 3.63) is 52.0 Å². The van der Waals surface area contributed by atoms with Crippen LogP contribution in [-0.2, 0) is 0 Å². The largest absolute Gasteiger partial charge is 0.366 e. The van der Waals surface area contributed by atoms with Crippen molar-refractivity contribution < 1.29 is 4.79 Å². The number of rotatable bonds is 1. The summed E-state index contributed by atoms with van der Waals surface area (Å²) in [6, 6.07) is 8.76. The standard InChI is InChI=1S/C7H7NO.C5H7NS/c8-7(9)6-4-2-1-3-5-6;1-4-3-7-5(2)6-4/h1-5H,(H2,8,9);3H,1-2H3. The molecule has 84 valence electrons. The highest BCUT2D eigenvalue weighted by Crippen LogP contribution is 2.04. The third-order valence-corrected chi connectivity index (χ3v) is 2.68. The number of benzene rings is 1. The third-order valence-electron chi connectivity index (χ3n) is 1.79. The Morgan fingerprint density at radius 2 is 1.88 bits per heavy atom. The molecule has 2 aromatic rings. The Morgan fingerprint density at radius 3 is 2.12 bits per heavy atom. The van der Waals surface area contributed by atoms with Crippen molar-refractivity contribution in [3.63, 3.8) is 0 Å². The maximum absolute atomic E-state index is 10.4. The Labute approximate surface area is 99.0 Å². The van der Waals surface area contributed by atoms with Gasteiger partial charge >= 0.3 is 0 Å². The molecule has 2 N–H and O–H groups in total. The third kappa shape index (κ3) is 4.23. The van der Waals surface area contributed by atoms with Crippen LogP contribution in [0.25, 0.3) is 0 Å². The topological polar surface area (TPSA) is 56.0 Å². The Balaban J connectivity index is 0.000000165. The van der Waals surface area contributed by atoms with Gasteiger partial charge in [0.2, 0.25) is 5.91 Å². The summed E-state index contributed by atoms with van der Waals surface area (Å²) in [5.74, 6) is -0.379. The van der Waals surface area contributed by atoms with E-state index in [4.69, 9.17) is 5.73 Å². The van der Waals surface area contributed by atoms with Gasteiger partial charge in [-0.15, -0.1) is 11.3 Å². The normalized spacial score (nSPS) is 9.12. The van der Waals surface area contributed by atoms with E-state index >= 15 is 0 Å². The zero-order valence-corrected chi connectivity index (χ0v) is 10.1. The van der Waals surface area contributed by atoms with Crippen molar-refractivity contribution in [1.29, 1.82) is 0 Å². The molecule has 1 heterocycles. The first-order chi connectivity index (χ1) is 7.59. The van der Waals surface area contributed by atoms with Crippen molar-refractivity contribution >= 4 is 17.2 Å². The summed E-state index contributed by atoms with van der Waals surface area (Å²) in [5.41, 5.74) is 6.66. The number of carbonyl (C=O) groups is 1. The Kier molecular flexibility index (Phi) is 4.66. The lowest BCUT2D eigenvalue weighted by molar-refractivity contribution is 0.100. The molecule has 0 bridgehead atoms. The van der Waals surface area contributed by atoms with Crippen LogP contribution in [0.5, 0.6) is 0 Å². The highest BCUT2D eigenvalue weighted by Gasteiger charge is 1.93. The summed E-state index contributed by atoms with van der Waals surface area (Å²) >= 11 is 1.69. The van der Waals surface area contributed by atoms with Gasteiger partial charge in [-0.2, -0.15) is 0 Å². The van der Waals surface area contributed by atoms with Crippen LogP contribution in [0.15, 0.2) is 35.7 Å². The number of aryl methyl sites for hydroxylation is 2. The van der Waals surface area contributed by atoms with Crippen molar-refractivity contribution in [2.75, 3.05) is 0 Å². The molecule has 1 aromatic heterocycles. The van der Waals surface area contributed by atoms with Crippen molar-refractivity contribution in [2.24, 2.45) is 5.73 Å². The lowest BCUT2D eigenvalue weighted by Gasteiger charge is -1.89. The molecule has 0 spiro atoms. The summed E-state index contributed by atoms with van der Waals surface area (Å²) in [6.07, 6.45) is 0. The first kappa shape index (κ1) is 12.4. The average molecular weight is 234 g/mol. The van der Waals surface area contributed by atoms with Gasteiger partial charge in [0.1, 0.15) is 0 Å². The molecule has 0 aliphatic rings. The molecule has 0 fully saturated rings. The fourth-order valence-electron chi connectivity index (χ4n) is 1.07. The Hall–Kier alpha value is -1.68. The molecule has 4 heteroatoms. The fourth-order valence-corrected chi connectivity index (χ4v) is 1.66. The van der Waals surface area contributed by atoms with E-state index in [1.54, 1.807) is 35.6 Å². The van der Waals surface area contributed by atoms with E-state index in [1.807, 2.05) is 19.9 Å². The molecule has 0 aliphatic heterocycles. The molecule has 0 saturated carbocycles. The maximum Gasteiger partial charge on any atom is 0.248 e. The van der Waals surface area contributed by atoms with E-state index in [0.717, 1.165) is 10.7 Å². The molecule has 0 saturated heterocycles. The van der Waals surface area contributed by atoms with Crippen LogP contribution in [0.4, 0.5) is 0 Å². The van der Waals surface area contributed by atoms with E-state index < -0.39 is 0 Å². The second-order valence-electron chi connectivity index (χ2n) is 3.24. The van der Waals surface area contributed by atoms with Crippen LogP contribution < -0.4 is 5.73 Å². The second kappa shape index (κ2) is 6.02. The monoisotopic (exact) mass is 234 g/mol. The number of hydrogen-bond acceptors (Lipinski definition) is 3. The second-order valence-corrected chi connectivity index (χ2v) is 4.30. The first-order valence-corrected chi connectivity index (χ1v) is 5.71. The first-order valence-electron chi connectivity index (χ1n) is 4.83. The van der Waals surface area contributed by atoms with Gasteiger partial charge in [0.25, 0.3) is 0 Å². The predicted octanol–water partition coefficient (Wildman–Crippen LogP) is 2.55. The number of aromatic nitrogens is 1. The highest BCUT2D eigenvalue weighted by atomic mass is 32.1. The van der Waals surface area contributed by atoms with E-state index in [1.165, 1.54) is 0 Å². The fraction of sp³-hybridized carbons (Fsp3) is 0.167. The van der Waals surface area contributed by atoms with Gasteiger partial charge < -0.3 is 5.73 Å². The minimum absolute atomic E-state index is 0.379. The molecule has 0 aliphatic carbocycles. The number of carbonyl (C=O) groups excluding carboxylic acids is 1. The SMILES string of the molecule is Cc1csc(C)n1.NC(=O)c1ccccc1. The van der Waals surface area contributed by atoms with Crippen LogP contribution in [0.2, 0.25) is 0 Å². The van der Waals surface area contributed by atoms with Crippen LogP contribution in [0.1, 0.15) is 21.1 Å². The molecule has 1 amide bonds. The molecule has 0 atom stereocenters. The zero-order chi connectivity index (χ0) is 12.0. The van der Waals surface area contributed by atoms with Gasteiger partial charge in [0.05, 0.1) is 5.01 Å². The molecular weight excluding hydrogens is 220 g/mol. The quantitative estimate of drug-likeness (QED) is 0.824. The Bertz CT molecular complexity index is 435. The van der Waals surface area contributed by atoms with Crippen LogP contribution in [0, 0.1) is 13.8 Å². The Morgan fingerprint density at radius 1 is 1.25 bits per heavy atom. The van der Waals surface area contributed by atoms with Crippen LogP contribution in [-0.4, -0.2) is 10.9 Å². The molecule has 2 rings (SSSR count). The van der Waals surface area contributed by atoms with Gasteiger partial charge in [0, 0.05) is 16.6 Å². The zero-order valence-electron chi connectivity index (χ0n) is 9.31. The summed E-state index contributed by atoms with van der Waals surface area (Å²) in [7, 11) is 0. The lowest BCUT2D eigenvalue weighted by Crippen LogP contribution is -2.09. The number of hydrogen-bond donors (Lipinski definition) is 1. The van der Waals surface area contributed by atoms with Gasteiger partial charge in [-0.25, -0.2) is 4.98 Å².